The Balaban J connectivity index is 2.45. The largest absolute Gasteiger partial charge is 0.507 e. The molecule has 0 heterocycles. The van der Waals surface area contributed by atoms with Gasteiger partial charge in [-0.3, -0.25) is 4.79 Å². The van der Waals surface area contributed by atoms with Crippen LogP contribution in [0.4, 0.5) is 0 Å². The van der Waals surface area contributed by atoms with Crippen molar-refractivity contribution in [3.8, 4) is 5.75 Å². The van der Waals surface area contributed by atoms with Gasteiger partial charge in [-0.2, -0.15) is 0 Å². The molecule has 0 spiro atoms. The summed E-state index contributed by atoms with van der Waals surface area (Å²) in [6.45, 7) is 0. The first-order valence-electron chi connectivity index (χ1n) is 5.35. The van der Waals surface area contributed by atoms with Crippen LogP contribution in [-0.4, -0.2) is 22.0 Å². The summed E-state index contributed by atoms with van der Waals surface area (Å²) in [6.07, 6.45) is 0. The van der Waals surface area contributed by atoms with Gasteiger partial charge < -0.3 is 10.2 Å². The molecular weight excluding hydrogens is 268 g/mol. The lowest BCUT2D eigenvalue weighted by atomic mass is 10.0. The fraction of sp³-hybridized carbons (Fsp3) is 0. The van der Waals surface area contributed by atoms with Crippen LogP contribution in [0.5, 0.6) is 5.75 Å². The Morgan fingerprint density at radius 1 is 1.00 bits per heavy atom. The van der Waals surface area contributed by atoms with Crippen LogP contribution in [0.2, 0.25) is 5.02 Å². The fourth-order valence-electron chi connectivity index (χ4n) is 1.64. The number of benzene rings is 2. The van der Waals surface area contributed by atoms with Crippen LogP contribution in [0.25, 0.3) is 0 Å². The number of carbonyl (C=O) groups excluding carboxylic acids is 1. The summed E-state index contributed by atoms with van der Waals surface area (Å²) in [4.78, 5) is 23.0. The SMILES string of the molecule is O=C(c1cccc(Cl)c1)c1ccc(O)c(C(=O)O)c1. The van der Waals surface area contributed by atoms with Gasteiger partial charge in [0.25, 0.3) is 0 Å². The zero-order chi connectivity index (χ0) is 14.0. The maximum atomic E-state index is 12.2. The van der Waals surface area contributed by atoms with Crippen molar-refractivity contribution in [1.82, 2.24) is 0 Å². The standard InChI is InChI=1S/C14H9ClO4/c15-10-3-1-2-8(6-10)13(17)9-4-5-12(16)11(7-9)14(18)19/h1-7,16H,(H,18,19). The smallest absolute Gasteiger partial charge is 0.339 e. The normalized spacial score (nSPS) is 10.2. The number of halogens is 1. The molecule has 0 saturated heterocycles. The van der Waals surface area contributed by atoms with Crippen molar-refractivity contribution in [3.63, 3.8) is 0 Å². The van der Waals surface area contributed by atoms with E-state index >= 15 is 0 Å². The zero-order valence-corrected chi connectivity index (χ0v) is 10.4. The van der Waals surface area contributed by atoms with Gasteiger partial charge in [0.2, 0.25) is 0 Å². The second kappa shape index (κ2) is 5.12. The van der Waals surface area contributed by atoms with Gasteiger partial charge in [0.05, 0.1) is 0 Å². The molecule has 2 rings (SSSR count). The number of hydrogen-bond acceptors (Lipinski definition) is 3. The molecule has 2 aromatic rings. The number of aromatic carboxylic acids is 1. The van der Waals surface area contributed by atoms with Gasteiger partial charge >= 0.3 is 5.97 Å². The van der Waals surface area contributed by atoms with E-state index in [0.717, 1.165) is 6.07 Å². The number of rotatable bonds is 3. The maximum absolute atomic E-state index is 12.2. The highest BCUT2D eigenvalue weighted by Crippen LogP contribution is 2.21. The minimum atomic E-state index is -1.29. The number of phenols is 1. The van der Waals surface area contributed by atoms with Crippen LogP contribution in [-0.2, 0) is 0 Å². The second-order valence-electron chi connectivity index (χ2n) is 3.88. The molecule has 0 fully saturated rings. The van der Waals surface area contributed by atoms with E-state index in [0.29, 0.717) is 10.6 Å². The lowest BCUT2D eigenvalue weighted by Gasteiger charge is -2.04. The molecule has 19 heavy (non-hydrogen) atoms. The summed E-state index contributed by atoms with van der Waals surface area (Å²) in [5, 5.41) is 18.7. The van der Waals surface area contributed by atoms with Gasteiger partial charge in [0, 0.05) is 16.1 Å². The Morgan fingerprint density at radius 3 is 2.32 bits per heavy atom. The van der Waals surface area contributed by atoms with E-state index < -0.39 is 5.97 Å². The zero-order valence-electron chi connectivity index (χ0n) is 9.63. The van der Waals surface area contributed by atoms with E-state index in [-0.39, 0.29) is 22.7 Å². The Labute approximate surface area is 113 Å². The number of hydrogen-bond donors (Lipinski definition) is 2. The van der Waals surface area contributed by atoms with E-state index in [1.54, 1.807) is 18.2 Å². The van der Waals surface area contributed by atoms with Crippen molar-refractivity contribution in [2.24, 2.45) is 0 Å². The average molecular weight is 277 g/mol. The molecule has 2 N–H and O–H groups in total. The number of carboxylic acids is 1. The van der Waals surface area contributed by atoms with Crippen molar-refractivity contribution in [2.75, 3.05) is 0 Å². The van der Waals surface area contributed by atoms with E-state index in [1.807, 2.05) is 0 Å². The van der Waals surface area contributed by atoms with Crippen molar-refractivity contribution in [3.05, 3.63) is 64.2 Å². The molecule has 4 nitrogen and oxygen atoms in total. The number of ketones is 1. The molecule has 0 saturated carbocycles. The minimum Gasteiger partial charge on any atom is -0.507 e. The fourth-order valence-corrected chi connectivity index (χ4v) is 1.84. The Hall–Kier alpha value is -2.33. The lowest BCUT2D eigenvalue weighted by molar-refractivity contribution is 0.0693. The van der Waals surface area contributed by atoms with E-state index in [9.17, 15) is 14.7 Å². The van der Waals surface area contributed by atoms with Crippen molar-refractivity contribution >= 4 is 23.4 Å². The lowest BCUT2D eigenvalue weighted by Crippen LogP contribution is -2.04. The van der Waals surface area contributed by atoms with Gasteiger partial charge in [-0.25, -0.2) is 4.79 Å². The molecule has 0 amide bonds. The average Bonchev–Trinajstić information content (AvgIpc) is 2.38. The first kappa shape index (κ1) is 13.1. The number of carbonyl (C=O) groups is 2. The van der Waals surface area contributed by atoms with Crippen molar-refractivity contribution < 1.29 is 19.8 Å². The summed E-state index contributed by atoms with van der Waals surface area (Å²) < 4.78 is 0. The quantitative estimate of drug-likeness (QED) is 0.845. The van der Waals surface area contributed by atoms with Crippen molar-refractivity contribution in [2.45, 2.75) is 0 Å². The Morgan fingerprint density at radius 2 is 1.68 bits per heavy atom. The van der Waals surface area contributed by atoms with Gasteiger partial charge in [-0.15, -0.1) is 0 Å². The van der Waals surface area contributed by atoms with Crippen LogP contribution in [0.3, 0.4) is 0 Å². The molecule has 0 radical (unpaired) electrons. The van der Waals surface area contributed by atoms with Crippen LogP contribution in [0, 0.1) is 0 Å². The first-order valence-corrected chi connectivity index (χ1v) is 5.73. The van der Waals surface area contributed by atoms with Crippen LogP contribution >= 0.6 is 11.6 Å². The molecule has 0 unspecified atom stereocenters. The molecule has 0 atom stereocenters. The predicted octanol–water partition coefficient (Wildman–Crippen LogP) is 2.97. The molecule has 0 aromatic heterocycles. The third-order valence-electron chi connectivity index (χ3n) is 2.58. The van der Waals surface area contributed by atoms with E-state index in [2.05, 4.69) is 0 Å². The van der Waals surface area contributed by atoms with E-state index in [1.165, 1.54) is 18.2 Å². The van der Waals surface area contributed by atoms with Gasteiger partial charge in [-0.1, -0.05) is 23.7 Å². The van der Waals surface area contributed by atoms with Gasteiger partial charge in [-0.05, 0) is 30.3 Å². The van der Waals surface area contributed by atoms with Crippen LogP contribution in [0.15, 0.2) is 42.5 Å². The maximum Gasteiger partial charge on any atom is 0.339 e. The minimum absolute atomic E-state index is 0.178. The molecule has 0 aliphatic heterocycles. The van der Waals surface area contributed by atoms with Crippen LogP contribution in [0.1, 0.15) is 26.3 Å². The third kappa shape index (κ3) is 2.74. The summed E-state index contributed by atoms with van der Waals surface area (Å²) >= 11 is 5.80. The molecule has 5 heteroatoms. The Bertz CT molecular complexity index is 664. The molecule has 0 bridgehead atoms. The topological polar surface area (TPSA) is 74.6 Å². The van der Waals surface area contributed by atoms with E-state index in [4.69, 9.17) is 16.7 Å². The molecule has 2 aromatic carbocycles. The Kier molecular flexibility index (Phi) is 3.53. The summed E-state index contributed by atoms with van der Waals surface area (Å²) in [6, 6.07) is 10.0. The molecule has 0 aliphatic carbocycles. The van der Waals surface area contributed by atoms with Crippen molar-refractivity contribution in [1.29, 1.82) is 0 Å². The van der Waals surface area contributed by atoms with Gasteiger partial charge in [0.1, 0.15) is 11.3 Å². The summed E-state index contributed by atoms with van der Waals surface area (Å²) in [5.41, 5.74) is 0.222. The molecule has 0 aliphatic rings. The second-order valence-corrected chi connectivity index (χ2v) is 4.31. The monoisotopic (exact) mass is 276 g/mol. The molecule has 96 valence electrons. The van der Waals surface area contributed by atoms with Crippen LogP contribution < -0.4 is 0 Å². The summed E-state index contributed by atoms with van der Waals surface area (Å²) in [5.74, 6) is -2.03. The highest BCUT2D eigenvalue weighted by Gasteiger charge is 2.15. The summed E-state index contributed by atoms with van der Waals surface area (Å²) in [7, 11) is 0. The molecular formula is C14H9ClO4. The highest BCUT2D eigenvalue weighted by molar-refractivity contribution is 6.31. The number of aromatic hydroxyl groups is 1. The highest BCUT2D eigenvalue weighted by atomic mass is 35.5. The first-order chi connectivity index (χ1) is 8.99. The number of carboxylic acid groups (broad SMARTS) is 1. The van der Waals surface area contributed by atoms with Gasteiger partial charge in [0.15, 0.2) is 5.78 Å². The third-order valence-corrected chi connectivity index (χ3v) is 2.81. The predicted molar refractivity (Wildman–Crippen MR) is 70.0 cm³/mol.